The molecule has 0 N–H and O–H groups in total. The second-order valence-electron chi connectivity index (χ2n) is 3.27. The Bertz CT molecular complexity index is 128. The first kappa shape index (κ1) is 10.5. The van der Waals surface area contributed by atoms with Crippen LogP contribution in [0.4, 0.5) is 0 Å². The van der Waals surface area contributed by atoms with Crippen molar-refractivity contribution < 1.29 is 9.53 Å². The minimum Gasteiger partial charge on any atom is -0.465 e. The molecular weight excluding hydrogens is 140 g/mol. The molecule has 0 aliphatic heterocycles. The second kappa shape index (κ2) is 4.37. The van der Waals surface area contributed by atoms with Crippen LogP contribution in [0.1, 0.15) is 33.6 Å². The Balaban J connectivity index is 3.82. The molecule has 0 unspecified atom stereocenters. The number of esters is 1. The maximum atomic E-state index is 11.2. The van der Waals surface area contributed by atoms with E-state index in [1.807, 2.05) is 20.8 Å². The van der Waals surface area contributed by atoms with Crippen LogP contribution < -0.4 is 0 Å². The Hall–Kier alpha value is -0.530. The largest absolute Gasteiger partial charge is 0.465 e. The van der Waals surface area contributed by atoms with Crippen LogP contribution in [0.5, 0.6) is 0 Å². The summed E-state index contributed by atoms with van der Waals surface area (Å²) in [5.41, 5.74) is -0.421. The molecule has 0 atom stereocenters. The van der Waals surface area contributed by atoms with Crippen molar-refractivity contribution in [3.8, 4) is 0 Å². The number of carbonyl (C=O) groups excluding carboxylic acids is 1. The van der Waals surface area contributed by atoms with E-state index in [1.165, 1.54) is 0 Å². The molecule has 0 heterocycles. The van der Waals surface area contributed by atoms with Crippen LogP contribution in [-0.4, -0.2) is 12.6 Å². The van der Waals surface area contributed by atoms with Gasteiger partial charge in [0.15, 0.2) is 0 Å². The topological polar surface area (TPSA) is 26.3 Å². The molecule has 0 aromatic carbocycles. The van der Waals surface area contributed by atoms with Crippen molar-refractivity contribution >= 4 is 5.97 Å². The van der Waals surface area contributed by atoms with E-state index in [9.17, 15) is 4.79 Å². The lowest BCUT2D eigenvalue weighted by atomic mass is 9.91. The zero-order chi connectivity index (χ0) is 8.91. The lowest BCUT2D eigenvalue weighted by Gasteiger charge is -2.19. The Kier molecular flexibility index (Phi) is 4.16. The minimum atomic E-state index is -0.421. The van der Waals surface area contributed by atoms with Crippen molar-refractivity contribution in [2.45, 2.75) is 33.6 Å². The van der Waals surface area contributed by atoms with Gasteiger partial charge in [-0.25, -0.2) is 0 Å². The van der Waals surface area contributed by atoms with Gasteiger partial charge >= 0.3 is 5.97 Å². The summed E-state index contributed by atoms with van der Waals surface area (Å²) in [6.45, 7) is 9.87. The van der Waals surface area contributed by atoms with Gasteiger partial charge in [-0.15, -0.1) is 0 Å². The van der Waals surface area contributed by atoms with Gasteiger partial charge in [0.2, 0.25) is 0 Å². The van der Waals surface area contributed by atoms with Gasteiger partial charge in [0.25, 0.3) is 0 Å². The third kappa shape index (κ3) is 3.40. The van der Waals surface area contributed by atoms with Crippen molar-refractivity contribution in [3.63, 3.8) is 0 Å². The quantitative estimate of drug-likeness (QED) is 0.585. The molecule has 0 saturated carbocycles. The number of ether oxygens (including phenoxy) is 1. The van der Waals surface area contributed by atoms with Gasteiger partial charge in [0.05, 0.1) is 12.0 Å². The summed E-state index contributed by atoms with van der Waals surface area (Å²) in [7, 11) is 0. The van der Waals surface area contributed by atoms with Crippen molar-refractivity contribution in [1.29, 1.82) is 0 Å². The standard InChI is InChI=1S/C9H17O2/c1-5-7-11-8(10)9(3,4)6-2/h2,5-7H2,1,3-4H3. The van der Waals surface area contributed by atoms with E-state index in [-0.39, 0.29) is 5.97 Å². The Morgan fingerprint density at radius 1 is 1.55 bits per heavy atom. The number of hydrogen-bond donors (Lipinski definition) is 0. The average molecular weight is 157 g/mol. The first-order valence-corrected chi connectivity index (χ1v) is 4.01. The summed E-state index contributed by atoms with van der Waals surface area (Å²) in [4.78, 5) is 11.2. The number of carbonyl (C=O) groups is 1. The third-order valence-electron chi connectivity index (χ3n) is 1.61. The molecule has 11 heavy (non-hydrogen) atoms. The average Bonchev–Trinajstić information content (AvgIpc) is 2.00. The molecule has 1 radical (unpaired) electrons. The molecule has 0 aromatic rings. The van der Waals surface area contributed by atoms with Crippen LogP contribution in [0.2, 0.25) is 0 Å². The maximum absolute atomic E-state index is 11.2. The van der Waals surface area contributed by atoms with E-state index in [1.54, 1.807) is 0 Å². The Morgan fingerprint density at radius 2 is 2.09 bits per heavy atom. The zero-order valence-electron chi connectivity index (χ0n) is 7.64. The van der Waals surface area contributed by atoms with Gasteiger partial charge in [-0.1, -0.05) is 13.8 Å². The SMILES string of the molecule is [CH2]CC(C)(C)C(=O)OCCC. The predicted molar refractivity (Wildman–Crippen MR) is 45.0 cm³/mol. The summed E-state index contributed by atoms with van der Waals surface area (Å²) in [6.07, 6.45) is 1.45. The molecule has 0 amide bonds. The van der Waals surface area contributed by atoms with Crippen LogP contribution >= 0.6 is 0 Å². The summed E-state index contributed by atoms with van der Waals surface area (Å²) in [5, 5.41) is 0. The van der Waals surface area contributed by atoms with Crippen LogP contribution in [0.25, 0.3) is 0 Å². The lowest BCUT2D eigenvalue weighted by molar-refractivity contribution is -0.153. The molecule has 0 aromatic heterocycles. The van der Waals surface area contributed by atoms with E-state index < -0.39 is 5.41 Å². The van der Waals surface area contributed by atoms with Crippen LogP contribution in [0.3, 0.4) is 0 Å². The fourth-order valence-electron chi connectivity index (χ4n) is 0.492. The molecule has 0 rings (SSSR count). The summed E-state index contributed by atoms with van der Waals surface area (Å²) >= 11 is 0. The summed E-state index contributed by atoms with van der Waals surface area (Å²) in [6, 6.07) is 0. The smallest absolute Gasteiger partial charge is 0.311 e. The zero-order valence-corrected chi connectivity index (χ0v) is 7.64. The van der Waals surface area contributed by atoms with Gasteiger partial charge in [-0.05, 0) is 26.7 Å². The van der Waals surface area contributed by atoms with Crippen molar-refractivity contribution in [2.75, 3.05) is 6.61 Å². The Labute approximate surface area is 68.9 Å². The monoisotopic (exact) mass is 157 g/mol. The molecular formula is C9H17O2. The molecule has 2 heteroatoms. The molecule has 65 valence electrons. The highest BCUT2D eigenvalue weighted by molar-refractivity contribution is 5.75. The van der Waals surface area contributed by atoms with Crippen LogP contribution in [0.15, 0.2) is 0 Å². The van der Waals surface area contributed by atoms with Gasteiger partial charge in [0, 0.05) is 0 Å². The van der Waals surface area contributed by atoms with E-state index in [0.29, 0.717) is 13.0 Å². The molecule has 0 saturated heterocycles. The summed E-state index contributed by atoms with van der Waals surface area (Å²) in [5.74, 6) is -0.144. The number of hydrogen-bond acceptors (Lipinski definition) is 2. The molecule has 2 nitrogen and oxygen atoms in total. The first-order valence-electron chi connectivity index (χ1n) is 4.01. The molecule has 0 aliphatic rings. The second-order valence-corrected chi connectivity index (χ2v) is 3.27. The Morgan fingerprint density at radius 3 is 2.45 bits per heavy atom. The van der Waals surface area contributed by atoms with Crippen LogP contribution in [0, 0.1) is 12.3 Å². The van der Waals surface area contributed by atoms with E-state index in [0.717, 1.165) is 6.42 Å². The van der Waals surface area contributed by atoms with E-state index >= 15 is 0 Å². The van der Waals surface area contributed by atoms with Crippen LogP contribution in [-0.2, 0) is 9.53 Å². The van der Waals surface area contributed by atoms with E-state index in [2.05, 4.69) is 6.92 Å². The van der Waals surface area contributed by atoms with Gasteiger partial charge in [-0.2, -0.15) is 0 Å². The van der Waals surface area contributed by atoms with Gasteiger partial charge in [-0.3, -0.25) is 4.79 Å². The maximum Gasteiger partial charge on any atom is 0.311 e. The van der Waals surface area contributed by atoms with Gasteiger partial charge in [0.1, 0.15) is 0 Å². The summed E-state index contributed by atoms with van der Waals surface area (Å²) < 4.78 is 4.97. The molecule has 0 bridgehead atoms. The first-order chi connectivity index (χ1) is 5.04. The molecule has 0 spiro atoms. The molecule has 0 fully saturated rings. The van der Waals surface area contributed by atoms with Crippen molar-refractivity contribution in [1.82, 2.24) is 0 Å². The van der Waals surface area contributed by atoms with Crippen molar-refractivity contribution in [3.05, 3.63) is 6.92 Å². The van der Waals surface area contributed by atoms with Gasteiger partial charge < -0.3 is 4.74 Å². The fourth-order valence-corrected chi connectivity index (χ4v) is 0.492. The lowest BCUT2D eigenvalue weighted by Crippen LogP contribution is -2.25. The molecule has 0 aliphatic carbocycles. The normalized spacial score (nSPS) is 11.3. The highest BCUT2D eigenvalue weighted by atomic mass is 16.5. The minimum absolute atomic E-state index is 0.144. The predicted octanol–water partition coefficient (Wildman–Crippen LogP) is 2.19. The van der Waals surface area contributed by atoms with Crippen molar-refractivity contribution in [2.24, 2.45) is 5.41 Å². The highest BCUT2D eigenvalue weighted by Crippen LogP contribution is 2.20. The fraction of sp³-hybridized carbons (Fsp3) is 0.778. The number of rotatable bonds is 4. The van der Waals surface area contributed by atoms with E-state index in [4.69, 9.17) is 4.74 Å². The third-order valence-corrected chi connectivity index (χ3v) is 1.61. The highest BCUT2D eigenvalue weighted by Gasteiger charge is 2.26.